The van der Waals surface area contributed by atoms with E-state index in [1.165, 1.54) is 17.2 Å². The van der Waals surface area contributed by atoms with Crippen LogP contribution in [0.25, 0.3) is 11.1 Å². The second-order valence-electron chi connectivity index (χ2n) is 7.51. The van der Waals surface area contributed by atoms with Gasteiger partial charge in [0.05, 0.1) is 5.56 Å². The minimum Gasteiger partial charge on any atom is -0.338 e. The molecule has 0 saturated carbocycles. The number of benzene rings is 2. The van der Waals surface area contributed by atoms with Crippen molar-refractivity contribution in [1.82, 2.24) is 4.90 Å². The molecule has 0 spiro atoms. The SMILES string of the molecule is Cc1ccc(-c2ccc(C(=O)N3CCCC(C(C)N)C3)c(F)c2)cc1C.Cl. The van der Waals surface area contributed by atoms with E-state index in [2.05, 4.69) is 6.92 Å². The van der Waals surface area contributed by atoms with Crippen molar-refractivity contribution >= 4 is 18.3 Å². The van der Waals surface area contributed by atoms with Crippen LogP contribution >= 0.6 is 12.4 Å². The van der Waals surface area contributed by atoms with Gasteiger partial charge in [-0.2, -0.15) is 0 Å². The minimum atomic E-state index is -0.464. The van der Waals surface area contributed by atoms with Crippen molar-refractivity contribution in [2.75, 3.05) is 13.1 Å². The number of carbonyl (C=O) groups excluding carboxylic acids is 1. The maximum absolute atomic E-state index is 14.7. The fourth-order valence-electron chi connectivity index (χ4n) is 3.58. The Morgan fingerprint density at radius 2 is 1.81 bits per heavy atom. The van der Waals surface area contributed by atoms with Crippen LogP contribution in [0.5, 0.6) is 0 Å². The molecule has 0 radical (unpaired) electrons. The first-order chi connectivity index (χ1) is 12.4. The van der Waals surface area contributed by atoms with Crippen LogP contribution in [0.4, 0.5) is 4.39 Å². The Labute approximate surface area is 167 Å². The molecular formula is C22H28ClFN2O. The maximum Gasteiger partial charge on any atom is 0.256 e. The van der Waals surface area contributed by atoms with E-state index in [9.17, 15) is 9.18 Å². The molecule has 1 heterocycles. The predicted molar refractivity (Wildman–Crippen MR) is 111 cm³/mol. The molecule has 3 nitrogen and oxygen atoms in total. The lowest BCUT2D eigenvalue weighted by Crippen LogP contribution is -2.45. The number of halogens is 2. The zero-order valence-corrected chi connectivity index (χ0v) is 17.0. The number of rotatable bonds is 3. The maximum atomic E-state index is 14.7. The molecule has 2 N–H and O–H groups in total. The molecule has 2 atom stereocenters. The second-order valence-corrected chi connectivity index (χ2v) is 7.51. The Kier molecular flexibility index (Phi) is 7.01. The lowest BCUT2D eigenvalue weighted by Gasteiger charge is -2.34. The van der Waals surface area contributed by atoms with Gasteiger partial charge in [0.15, 0.2) is 0 Å². The molecule has 0 bridgehead atoms. The Morgan fingerprint density at radius 1 is 1.15 bits per heavy atom. The van der Waals surface area contributed by atoms with Crippen molar-refractivity contribution in [3.05, 3.63) is 58.9 Å². The zero-order valence-electron chi connectivity index (χ0n) is 16.2. The second kappa shape index (κ2) is 8.85. The van der Waals surface area contributed by atoms with Crippen molar-refractivity contribution < 1.29 is 9.18 Å². The van der Waals surface area contributed by atoms with Gasteiger partial charge in [0.25, 0.3) is 5.91 Å². The molecule has 27 heavy (non-hydrogen) atoms. The summed E-state index contributed by atoms with van der Waals surface area (Å²) in [5.41, 5.74) is 10.2. The molecule has 3 rings (SSSR count). The van der Waals surface area contributed by atoms with Crippen LogP contribution in [-0.4, -0.2) is 29.9 Å². The van der Waals surface area contributed by atoms with Crippen molar-refractivity contribution in [3.63, 3.8) is 0 Å². The summed E-state index contributed by atoms with van der Waals surface area (Å²) < 4.78 is 14.7. The highest BCUT2D eigenvalue weighted by Gasteiger charge is 2.27. The quantitative estimate of drug-likeness (QED) is 0.823. The number of nitrogens with zero attached hydrogens (tertiary/aromatic N) is 1. The average molecular weight is 391 g/mol. The van der Waals surface area contributed by atoms with Crippen molar-refractivity contribution in [1.29, 1.82) is 0 Å². The first-order valence-electron chi connectivity index (χ1n) is 9.29. The van der Waals surface area contributed by atoms with Crippen molar-refractivity contribution in [2.24, 2.45) is 11.7 Å². The lowest BCUT2D eigenvalue weighted by molar-refractivity contribution is 0.0656. The predicted octanol–water partition coefficient (Wildman–Crippen LogP) is 4.73. The van der Waals surface area contributed by atoms with Gasteiger partial charge in [0, 0.05) is 19.1 Å². The van der Waals surface area contributed by atoms with Gasteiger partial charge in [-0.05, 0) is 73.9 Å². The Morgan fingerprint density at radius 3 is 2.44 bits per heavy atom. The highest BCUT2D eigenvalue weighted by molar-refractivity contribution is 5.95. The summed E-state index contributed by atoms with van der Waals surface area (Å²) in [7, 11) is 0. The third-order valence-corrected chi connectivity index (χ3v) is 5.53. The Hall–Kier alpha value is -1.91. The molecule has 2 aromatic rings. The van der Waals surface area contributed by atoms with Gasteiger partial charge in [0.2, 0.25) is 0 Å². The number of carbonyl (C=O) groups is 1. The molecule has 1 aliphatic heterocycles. The number of aryl methyl sites for hydroxylation is 2. The first kappa shape index (κ1) is 21.4. The minimum absolute atomic E-state index is 0. The first-order valence-corrected chi connectivity index (χ1v) is 9.29. The van der Waals surface area contributed by atoms with E-state index in [-0.39, 0.29) is 35.8 Å². The molecule has 146 valence electrons. The summed E-state index contributed by atoms with van der Waals surface area (Å²) in [6.07, 6.45) is 1.94. The van der Waals surface area contributed by atoms with Gasteiger partial charge in [-0.15, -0.1) is 12.4 Å². The number of hydrogen-bond donors (Lipinski definition) is 1. The summed E-state index contributed by atoms with van der Waals surface area (Å²) in [5, 5.41) is 0. The molecule has 2 unspecified atom stereocenters. The van der Waals surface area contributed by atoms with Crippen molar-refractivity contribution in [2.45, 2.75) is 39.7 Å². The van der Waals surface area contributed by atoms with Crippen LogP contribution in [0.15, 0.2) is 36.4 Å². The normalized spacial score (nSPS) is 18.0. The summed E-state index contributed by atoms with van der Waals surface area (Å²) in [5.74, 6) is -0.418. The van der Waals surface area contributed by atoms with Gasteiger partial charge in [-0.3, -0.25) is 4.79 Å². The Bertz CT molecular complexity index is 822. The summed E-state index contributed by atoms with van der Waals surface area (Å²) in [6.45, 7) is 7.33. The van der Waals surface area contributed by atoms with E-state index in [0.717, 1.165) is 24.0 Å². The van der Waals surface area contributed by atoms with E-state index in [4.69, 9.17) is 5.73 Å². The van der Waals surface area contributed by atoms with E-state index < -0.39 is 5.82 Å². The van der Waals surface area contributed by atoms with Crippen LogP contribution in [0, 0.1) is 25.6 Å². The average Bonchev–Trinajstić information content (AvgIpc) is 2.63. The molecule has 1 fully saturated rings. The van der Waals surface area contributed by atoms with E-state index in [1.54, 1.807) is 11.0 Å². The fraction of sp³-hybridized carbons (Fsp3) is 0.409. The summed E-state index contributed by atoms with van der Waals surface area (Å²) in [4.78, 5) is 14.5. The van der Waals surface area contributed by atoms with Crippen LogP contribution in [0.2, 0.25) is 0 Å². The van der Waals surface area contributed by atoms with Gasteiger partial charge in [-0.1, -0.05) is 24.3 Å². The highest BCUT2D eigenvalue weighted by Crippen LogP contribution is 2.26. The summed E-state index contributed by atoms with van der Waals surface area (Å²) >= 11 is 0. The van der Waals surface area contributed by atoms with Crippen LogP contribution < -0.4 is 5.73 Å². The molecule has 5 heteroatoms. The molecule has 0 aliphatic carbocycles. The van der Waals surface area contributed by atoms with E-state index in [1.807, 2.05) is 38.1 Å². The molecular weight excluding hydrogens is 363 g/mol. The number of likely N-dealkylation sites (tertiary alicyclic amines) is 1. The number of nitrogens with two attached hydrogens (primary N) is 1. The highest BCUT2D eigenvalue weighted by atomic mass is 35.5. The molecule has 1 amide bonds. The third kappa shape index (κ3) is 4.69. The molecule has 1 aliphatic rings. The van der Waals surface area contributed by atoms with Gasteiger partial charge in [0.1, 0.15) is 5.82 Å². The van der Waals surface area contributed by atoms with Gasteiger partial charge in [-0.25, -0.2) is 4.39 Å². The number of amides is 1. The monoisotopic (exact) mass is 390 g/mol. The standard InChI is InChI=1S/C22H27FN2O.ClH/c1-14-6-7-17(11-15(14)2)18-8-9-20(21(23)12-18)22(26)25-10-4-5-19(13-25)16(3)24;/h6-9,11-12,16,19H,4-5,10,13,24H2,1-3H3;1H. The van der Waals surface area contributed by atoms with Crippen LogP contribution in [-0.2, 0) is 0 Å². The largest absolute Gasteiger partial charge is 0.338 e. The van der Waals surface area contributed by atoms with E-state index in [0.29, 0.717) is 13.1 Å². The molecule has 0 aromatic heterocycles. The van der Waals surface area contributed by atoms with Gasteiger partial charge >= 0.3 is 0 Å². The third-order valence-electron chi connectivity index (χ3n) is 5.53. The smallest absolute Gasteiger partial charge is 0.256 e. The zero-order chi connectivity index (χ0) is 18.8. The molecule has 1 saturated heterocycles. The number of piperidine rings is 1. The summed E-state index contributed by atoms with van der Waals surface area (Å²) in [6, 6.07) is 11.0. The fourth-order valence-corrected chi connectivity index (χ4v) is 3.58. The van der Waals surface area contributed by atoms with Crippen molar-refractivity contribution in [3.8, 4) is 11.1 Å². The lowest BCUT2D eigenvalue weighted by atomic mass is 9.91. The van der Waals surface area contributed by atoms with Crippen LogP contribution in [0.3, 0.4) is 0 Å². The molecule has 2 aromatic carbocycles. The Balaban J connectivity index is 0.00000261. The van der Waals surface area contributed by atoms with Crippen LogP contribution in [0.1, 0.15) is 41.3 Å². The topological polar surface area (TPSA) is 46.3 Å². The van der Waals surface area contributed by atoms with E-state index >= 15 is 0 Å². The number of hydrogen-bond acceptors (Lipinski definition) is 2. The van der Waals surface area contributed by atoms with Gasteiger partial charge < -0.3 is 10.6 Å².